The predicted molar refractivity (Wildman–Crippen MR) is 29.1 cm³/mol. The summed E-state index contributed by atoms with van der Waals surface area (Å²) < 4.78 is 0. The molecular formula is C4H11NO5. The van der Waals surface area contributed by atoms with Gasteiger partial charge in [0.2, 0.25) is 0 Å². The lowest BCUT2D eigenvalue weighted by Gasteiger charge is -2.20. The van der Waals surface area contributed by atoms with E-state index < -0.39 is 30.6 Å². The van der Waals surface area contributed by atoms with Gasteiger partial charge in [-0.15, -0.1) is 0 Å². The first-order chi connectivity index (χ1) is 4.63. The van der Waals surface area contributed by atoms with Gasteiger partial charge in [0.05, 0.1) is 13.2 Å². The minimum Gasteiger partial charge on any atom is -0.396 e. The number of hydroxylamine groups is 2. The van der Waals surface area contributed by atoms with Crippen LogP contribution in [-0.4, -0.2) is 50.4 Å². The van der Waals surface area contributed by atoms with Crippen molar-refractivity contribution in [3.05, 3.63) is 0 Å². The van der Waals surface area contributed by atoms with Crippen LogP contribution in [-0.2, 0) is 0 Å². The van der Waals surface area contributed by atoms with Gasteiger partial charge in [-0.1, -0.05) is 0 Å². The zero-order valence-corrected chi connectivity index (χ0v) is 5.25. The first kappa shape index (κ1) is 9.76. The molecule has 0 saturated heterocycles. The molecule has 0 fully saturated rings. The zero-order chi connectivity index (χ0) is 8.15. The molecule has 0 aromatic carbocycles. The number of hydrogen-bond donors (Lipinski definition) is 5. The van der Waals surface area contributed by atoms with Crippen molar-refractivity contribution in [1.82, 2.24) is 5.23 Å². The second kappa shape index (κ2) is 4.56. The van der Waals surface area contributed by atoms with Crippen LogP contribution < -0.4 is 0 Å². The van der Waals surface area contributed by atoms with Crippen LogP contribution >= 0.6 is 0 Å². The number of aliphatic hydroxyl groups is 3. The molecule has 0 heterocycles. The molecule has 0 aromatic heterocycles. The lowest BCUT2D eigenvalue weighted by Crippen LogP contribution is -2.39. The fraction of sp³-hybridized carbons (Fsp3) is 1.00. The van der Waals surface area contributed by atoms with Gasteiger partial charge in [0.1, 0.15) is 0 Å². The Hall–Kier alpha value is -0.240. The first-order valence-electron chi connectivity index (χ1n) is 2.70. The lowest BCUT2D eigenvalue weighted by atomic mass is 10.1. The molecule has 6 heteroatoms. The Labute approximate surface area is 57.5 Å². The predicted octanol–water partition coefficient (Wildman–Crippen LogP) is -2.01. The third-order valence-corrected chi connectivity index (χ3v) is 1.13. The SMILES string of the molecule is OCC(CO)C(O)N(O)O. The van der Waals surface area contributed by atoms with E-state index >= 15 is 0 Å². The van der Waals surface area contributed by atoms with Crippen molar-refractivity contribution in [2.75, 3.05) is 13.2 Å². The maximum atomic E-state index is 8.69. The molecule has 6 nitrogen and oxygen atoms in total. The van der Waals surface area contributed by atoms with E-state index in [0.29, 0.717) is 0 Å². The van der Waals surface area contributed by atoms with Crippen molar-refractivity contribution in [2.24, 2.45) is 5.92 Å². The molecule has 5 N–H and O–H groups in total. The van der Waals surface area contributed by atoms with Crippen LogP contribution in [0.15, 0.2) is 0 Å². The summed E-state index contributed by atoms with van der Waals surface area (Å²) in [7, 11) is 0. The molecule has 0 saturated carbocycles. The highest BCUT2D eigenvalue weighted by Crippen LogP contribution is 2.02. The van der Waals surface area contributed by atoms with Gasteiger partial charge in [-0.25, -0.2) is 0 Å². The van der Waals surface area contributed by atoms with Crippen LogP contribution in [0.25, 0.3) is 0 Å². The standard InChI is InChI=1S/C4H11NO5/c6-1-3(2-7)4(8)5(9)10/h3-4,6-10H,1-2H2. The molecule has 10 heavy (non-hydrogen) atoms. The Kier molecular flexibility index (Phi) is 4.45. The monoisotopic (exact) mass is 153 g/mol. The minimum atomic E-state index is -1.66. The van der Waals surface area contributed by atoms with Crippen LogP contribution in [0.2, 0.25) is 0 Å². The topological polar surface area (TPSA) is 104 Å². The van der Waals surface area contributed by atoms with Crippen molar-refractivity contribution in [3.8, 4) is 0 Å². The smallest absolute Gasteiger partial charge is 0.163 e. The zero-order valence-electron chi connectivity index (χ0n) is 5.25. The van der Waals surface area contributed by atoms with E-state index in [1.807, 2.05) is 0 Å². The normalized spacial score (nSPS) is 14.7. The van der Waals surface area contributed by atoms with E-state index in [2.05, 4.69) is 0 Å². The molecule has 0 aliphatic heterocycles. The van der Waals surface area contributed by atoms with E-state index in [1.54, 1.807) is 0 Å². The number of aliphatic hydroxyl groups excluding tert-OH is 3. The second-order valence-corrected chi connectivity index (χ2v) is 1.86. The summed E-state index contributed by atoms with van der Waals surface area (Å²) in [5.41, 5.74) is 0. The van der Waals surface area contributed by atoms with Crippen LogP contribution in [0.1, 0.15) is 0 Å². The number of rotatable bonds is 4. The van der Waals surface area contributed by atoms with E-state index in [9.17, 15) is 0 Å². The van der Waals surface area contributed by atoms with Crippen LogP contribution in [0.3, 0.4) is 0 Å². The third kappa shape index (κ3) is 2.56. The van der Waals surface area contributed by atoms with E-state index in [0.717, 1.165) is 0 Å². The molecule has 0 radical (unpaired) electrons. The van der Waals surface area contributed by atoms with Crippen molar-refractivity contribution in [3.63, 3.8) is 0 Å². The van der Waals surface area contributed by atoms with Gasteiger partial charge in [-0.05, 0) is 5.23 Å². The van der Waals surface area contributed by atoms with Crippen molar-refractivity contribution in [1.29, 1.82) is 0 Å². The molecular weight excluding hydrogens is 142 g/mol. The highest BCUT2D eigenvalue weighted by Gasteiger charge is 2.21. The van der Waals surface area contributed by atoms with Crippen LogP contribution in [0.4, 0.5) is 0 Å². The second-order valence-electron chi connectivity index (χ2n) is 1.86. The van der Waals surface area contributed by atoms with Crippen LogP contribution in [0.5, 0.6) is 0 Å². The summed E-state index contributed by atoms with van der Waals surface area (Å²) in [6.07, 6.45) is -1.66. The highest BCUT2D eigenvalue weighted by atomic mass is 16.8. The van der Waals surface area contributed by atoms with E-state index in [1.165, 1.54) is 0 Å². The molecule has 1 atom stereocenters. The molecule has 62 valence electrons. The Morgan fingerprint density at radius 3 is 1.60 bits per heavy atom. The summed E-state index contributed by atoms with van der Waals surface area (Å²) in [6, 6.07) is 0. The van der Waals surface area contributed by atoms with Gasteiger partial charge in [0, 0.05) is 5.92 Å². The Balaban J connectivity index is 3.76. The fourth-order valence-electron chi connectivity index (χ4n) is 0.435. The lowest BCUT2D eigenvalue weighted by molar-refractivity contribution is -0.382. The molecule has 1 unspecified atom stereocenters. The Bertz CT molecular complexity index is 83.7. The van der Waals surface area contributed by atoms with Gasteiger partial charge in [0.25, 0.3) is 0 Å². The van der Waals surface area contributed by atoms with Gasteiger partial charge in [-0.2, -0.15) is 0 Å². The third-order valence-electron chi connectivity index (χ3n) is 1.13. The van der Waals surface area contributed by atoms with E-state index in [4.69, 9.17) is 25.7 Å². The summed E-state index contributed by atoms with van der Waals surface area (Å²) in [4.78, 5) is 0. The number of hydrogen-bond acceptors (Lipinski definition) is 6. The Morgan fingerprint density at radius 2 is 1.50 bits per heavy atom. The average molecular weight is 153 g/mol. The summed E-state index contributed by atoms with van der Waals surface area (Å²) in [5.74, 6) is -0.963. The van der Waals surface area contributed by atoms with Crippen molar-refractivity contribution >= 4 is 0 Å². The molecule has 0 aliphatic rings. The van der Waals surface area contributed by atoms with Crippen molar-refractivity contribution in [2.45, 2.75) is 6.23 Å². The molecule has 0 rings (SSSR count). The van der Waals surface area contributed by atoms with Gasteiger partial charge < -0.3 is 15.3 Å². The summed E-state index contributed by atoms with van der Waals surface area (Å²) >= 11 is 0. The molecule has 0 aromatic rings. The fourth-order valence-corrected chi connectivity index (χ4v) is 0.435. The highest BCUT2D eigenvalue weighted by molar-refractivity contribution is 4.59. The maximum Gasteiger partial charge on any atom is 0.163 e. The molecule has 0 amide bonds. The number of nitrogens with zero attached hydrogens (tertiary/aromatic N) is 1. The first-order valence-corrected chi connectivity index (χ1v) is 2.70. The van der Waals surface area contributed by atoms with Crippen LogP contribution in [0, 0.1) is 5.92 Å². The van der Waals surface area contributed by atoms with Gasteiger partial charge in [0.15, 0.2) is 6.23 Å². The quantitative estimate of drug-likeness (QED) is 0.236. The molecule has 0 spiro atoms. The minimum absolute atomic E-state index is 0.461. The van der Waals surface area contributed by atoms with Gasteiger partial charge >= 0.3 is 0 Å². The van der Waals surface area contributed by atoms with Crippen molar-refractivity contribution < 1.29 is 25.7 Å². The molecule has 0 bridgehead atoms. The van der Waals surface area contributed by atoms with E-state index in [-0.39, 0.29) is 0 Å². The molecule has 0 aliphatic carbocycles. The summed E-state index contributed by atoms with van der Waals surface area (Å²) in [6.45, 7) is -1.04. The summed E-state index contributed by atoms with van der Waals surface area (Å²) in [5, 5.41) is 41.3. The maximum absolute atomic E-state index is 8.69. The average Bonchev–Trinajstić information content (AvgIpc) is 1.90. The largest absolute Gasteiger partial charge is 0.396 e. The van der Waals surface area contributed by atoms with Gasteiger partial charge in [-0.3, -0.25) is 10.4 Å². The Morgan fingerprint density at radius 1 is 1.10 bits per heavy atom.